The molecule has 1 N–H and O–H groups in total. The van der Waals surface area contributed by atoms with E-state index in [4.69, 9.17) is 32.9 Å². The summed E-state index contributed by atoms with van der Waals surface area (Å²) < 4.78 is 21.8. The number of aryl methyl sites for hydroxylation is 1. The van der Waals surface area contributed by atoms with E-state index in [-0.39, 0.29) is 11.7 Å². The molecular formula is C29H23Cl2FN4O3. The Kier molecular flexibility index (Phi) is 5.75. The number of benzene rings is 3. The van der Waals surface area contributed by atoms with Gasteiger partial charge in [-0.1, -0.05) is 35.3 Å². The van der Waals surface area contributed by atoms with Crippen LogP contribution >= 0.6 is 23.2 Å². The molecule has 6 rings (SSSR count). The molecule has 0 aliphatic carbocycles. The number of ether oxygens (including phenoxy) is 1. The number of imidazole rings is 1. The van der Waals surface area contributed by atoms with Gasteiger partial charge in [0.25, 0.3) is 11.8 Å². The molecule has 2 amide bonds. The van der Waals surface area contributed by atoms with Crippen molar-refractivity contribution in [2.75, 3.05) is 17.3 Å². The zero-order chi connectivity index (χ0) is 27.8. The van der Waals surface area contributed by atoms with E-state index in [1.807, 2.05) is 25.3 Å². The molecule has 198 valence electrons. The standard InChI is InChI=1S/C29H23Cl2FN4O3/c1-14(2)35-25-24(34-26(35)19-13-18(32)8-10-23(19)39-4)27(37)36(22-12-17(31)6-5-15(22)3)29(25)20-9-7-16(30)11-21(20)33-28(29)38/h5-14H,1-4H3,(H,33,38). The number of halogens is 3. The quantitative estimate of drug-likeness (QED) is 0.297. The number of carbonyl (C=O) groups excluding carboxylic acids is 2. The molecule has 0 radical (unpaired) electrons. The summed E-state index contributed by atoms with van der Waals surface area (Å²) in [5.74, 6) is -0.707. The Labute approximate surface area is 234 Å². The average molecular weight is 565 g/mol. The third-order valence-electron chi connectivity index (χ3n) is 7.27. The van der Waals surface area contributed by atoms with Crippen LogP contribution in [-0.2, 0) is 10.3 Å². The SMILES string of the molecule is COc1ccc(F)cc1-c1nc2c(n1C(C)C)C1(C(=O)Nc3cc(Cl)ccc31)N(c1cc(Cl)ccc1C)C2=O. The normalized spacial score (nSPS) is 17.7. The number of anilines is 2. The number of fused-ring (bicyclic) bond motifs is 4. The molecule has 1 aromatic heterocycles. The maximum absolute atomic E-state index is 14.5. The fourth-order valence-electron chi connectivity index (χ4n) is 5.68. The van der Waals surface area contributed by atoms with E-state index < -0.39 is 23.2 Å². The predicted octanol–water partition coefficient (Wildman–Crippen LogP) is 6.75. The molecule has 3 aromatic carbocycles. The van der Waals surface area contributed by atoms with Crippen molar-refractivity contribution in [3.05, 3.63) is 93.0 Å². The van der Waals surface area contributed by atoms with Crippen molar-refractivity contribution in [3.63, 3.8) is 0 Å². The highest BCUT2D eigenvalue weighted by Gasteiger charge is 2.64. The number of amides is 2. The second-order valence-electron chi connectivity index (χ2n) is 9.87. The Balaban J connectivity index is 1.75. The van der Waals surface area contributed by atoms with Crippen molar-refractivity contribution < 1.29 is 18.7 Å². The topological polar surface area (TPSA) is 76.5 Å². The van der Waals surface area contributed by atoms with Gasteiger partial charge in [-0.05, 0) is 68.8 Å². The molecule has 4 aromatic rings. The lowest BCUT2D eigenvalue weighted by atomic mass is 9.86. The molecular weight excluding hydrogens is 542 g/mol. The molecule has 0 fully saturated rings. The van der Waals surface area contributed by atoms with Crippen LogP contribution in [-0.4, -0.2) is 28.5 Å². The van der Waals surface area contributed by atoms with Crippen LogP contribution in [0.15, 0.2) is 54.6 Å². The van der Waals surface area contributed by atoms with Gasteiger partial charge in [0, 0.05) is 27.3 Å². The summed E-state index contributed by atoms with van der Waals surface area (Å²) in [5.41, 5.74) is 1.45. The number of aromatic nitrogens is 2. The minimum Gasteiger partial charge on any atom is -0.496 e. The van der Waals surface area contributed by atoms with Gasteiger partial charge in [0.1, 0.15) is 17.4 Å². The smallest absolute Gasteiger partial charge is 0.280 e. The average Bonchev–Trinajstić information content (AvgIpc) is 3.49. The van der Waals surface area contributed by atoms with E-state index in [0.717, 1.165) is 5.56 Å². The van der Waals surface area contributed by atoms with Crippen molar-refractivity contribution in [3.8, 4) is 17.1 Å². The Morgan fingerprint density at radius 2 is 1.74 bits per heavy atom. The van der Waals surface area contributed by atoms with Crippen molar-refractivity contribution in [1.82, 2.24) is 9.55 Å². The van der Waals surface area contributed by atoms with Gasteiger partial charge < -0.3 is 14.6 Å². The minimum atomic E-state index is -1.63. The molecule has 0 bridgehead atoms. The third kappa shape index (κ3) is 3.44. The second-order valence-corrected chi connectivity index (χ2v) is 10.7. The first-order chi connectivity index (χ1) is 18.6. The molecule has 0 saturated carbocycles. The van der Waals surface area contributed by atoms with Crippen LogP contribution in [0.4, 0.5) is 15.8 Å². The zero-order valence-electron chi connectivity index (χ0n) is 21.5. The molecule has 3 heterocycles. The fourth-order valence-corrected chi connectivity index (χ4v) is 6.02. The van der Waals surface area contributed by atoms with Crippen LogP contribution in [0.3, 0.4) is 0 Å². The summed E-state index contributed by atoms with van der Waals surface area (Å²) in [6.07, 6.45) is 0. The number of methoxy groups -OCH3 is 1. The zero-order valence-corrected chi connectivity index (χ0v) is 23.0. The van der Waals surface area contributed by atoms with E-state index >= 15 is 0 Å². The summed E-state index contributed by atoms with van der Waals surface area (Å²) >= 11 is 12.7. The highest BCUT2D eigenvalue weighted by Crippen LogP contribution is 2.55. The van der Waals surface area contributed by atoms with Gasteiger partial charge in [-0.3, -0.25) is 14.5 Å². The predicted molar refractivity (Wildman–Crippen MR) is 148 cm³/mol. The van der Waals surface area contributed by atoms with Gasteiger partial charge in [0.2, 0.25) is 0 Å². The van der Waals surface area contributed by atoms with E-state index in [1.165, 1.54) is 30.2 Å². The third-order valence-corrected chi connectivity index (χ3v) is 7.74. The Hall–Kier alpha value is -3.88. The summed E-state index contributed by atoms with van der Waals surface area (Å²) in [6.45, 7) is 5.68. The molecule has 39 heavy (non-hydrogen) atoms. The highest BCUT2D eigenvalue weighted by atomic mass is 35.5. The molecule has 0 saturated heterocycles. The van der Waals surface area contributed by atoms with Crippen LogP contribution in [0.1, 0.15) is 47.2 Å². The first-order valence-corrected chi connectivity index (χ1v) is 13.0. The Morgan fingerprint density at radius 3 is 2.46 bits per heavy atom. The summed E-state index contributed by atoms with van der Waals surface area (Å²) in [4.78, 5) is 34.9. The molecule has 2 aliphatic rings. The van der Waals surface area contributed by atoms with E-state index in [2.05, 4.69) is 5.32 Å². The summed E-state index contributed by atoms with van der Waals surface area (Å²) in [5, 5.41) is 3.78. The number of rotatable bonds is 4. The first kappa shape index (κ1) is 25.4. The van der Waals surface area contributed by atoms with Crippen LogP contribution in [0.2, 0.25) is 10.0 Å². The largest absolute Gasteiger partial charge is 0.496 e. The van der Waals surface area contributed by atoms with Crippen LogP contribution in [0.25, 0.3) is 11.4 Å². The number of hydrogen-bond donors (Lipinski definition) is 1. The molecule has 10 heteroatoms. The summed E-state index contributed by atoms with van der Waals surface area (Å²) in [6, 6.07) is 14.1. The molecule has 2 aliphatic heterocycles. The monoisotopic (exact) mass is 564 g/mol. The van der Waals surface area contributed by atoms with E-state index in [0.29, 0.717) is 49.8 Å². The first-order valence-electron chi connectivity index (χ1n) is 12.3. The Morgan fingerprint density at radius 1 is 1.03 bits per heavy atom. The number of carbonyl (C=O) groups is 2. The Bertz CT molecular complexity index is 1720. The van der Waals surface area contributed by atoms with Gasteiger partial charge in [0.05, 0.1) is 24.1 Å². The van der Waals surface area contributed by atoms with E-state index in [9.17, 15) is 14.0 Å². The molecule has 1 unspecified atom stereocenters. The van der Waals surface area contributed by atoms with Gasteiger partial charge in [-0.25, -0.2) is 9.37 Å². The fraction of sp³-hybridized carbons (Fsp3) is 0.207. The van der Waals surface area contributed by atoms with Crippen molar-refractivity contribution in [2.45, 2.75) is 32.4 Å². The van der Waals surface area contributed by atoms with Crippen molar-refractivity contribution in [2.24, 2.45) is 0 Å². The maximum atomic E-state index is 14.5. The van der Waals surface area contributed by atoms with Gasteiger partial charge in [-0.15, -0.1) is 0 Å². The van der Waals surface area contributed by atoms with Crippen LogP contribution in [0, 0.1) is 12.7 Å². The lowest BCUT2D eigenvalue weighted by Gasteiger charge is -2.36. The number of hydrogen-bond acceptors (Lipinski definition) is 4. The summed E-state index contributed by atoms with van der Waals surface area (Å²) in [7, 11) is 1.48. The lowest BCUT2D eigenvalue weighted by molar-refractivity contribution is -0.119. The van der Waals surface area contributed by atoms with Gasteiger partial charge >= 0.3 is 0 Å². The number of nitrogens with zero attached hydrogens (tertiary/aromatic N) is 3. The van der Waals surface area contributed by atoms with Gasteiger partial charge in [-0.2, -0.15) is 0 Å². The second kappa shape index (κ2) is 8.83. The highest BCUT2D eigenvalue weighted by molar-refractivity contribution is 6.32. The van der Waals surface area contributed by atoms with Crippen molar-refractivity contribution >= 4 is 46.4 Å². The molecule has 1 atom stereocenters. The molecule has 1 spiro atoms. The minimum absolute atomic E-state index is 0.0855. The lowest BCUT2D eigenvalue weighted by Crippen LogP contribution is -2.51. The van der Waals surface area contributed by atoms with Crippen molar-refractivity contribution in [1.29, 1.82) is 0 Å². The molecule has 7 nitrogen and oxygen atoms in total. The number of nitrogens with one attached hydrogen (secondary N) is 1. The maximum Gasteiger partial charge on any atom is 0.280 e. The van der Waals surface area contributed by atoms with Crippen LogP contribution < -0.4 is 15.0 Å². The van der Waals surface area contributed by atoms with Gasteiger partial charge in [0.15, 0.2) is 11.2 Å². The van der Waals surface area contributed by atoms with E-state index in [1.54, 1.807) is 36.4 Å². The van der Waals surface area contributed by atoms with Crippen LogP contribution in [0.5, 0.6) is 5.75 Å².